The van der Waals surface area contributed by atoms with Gasteiger partial charge in [-0.1, -0.05) is 0 Å². The second-order valence-corrected chi connectivity index (χ2v) is 5.96. The van der Waals surface area contributed by atoms with Gasteiger partial charge in [0.2, 0.25) is 0 Å². The highest BCUT2D eigenvalue weighted by atomic mass is 32.1. The van der Waals surface area contributed by atoms with Crippen molar-refractivity contribution in [3.63, 3.8) is 0 Å². The van der Waals surface area contributed by atoms with Gasteiger partial charge in [-0.15, -0.1) is 22.7 Å². The monoisotopic (exact) mass is 282 g/mol. The smallest absolute Gasteiger partial charge is 0.271 e. The zero-order chi connectivity index (χ0) is 13.0. The van der Waals surface area contributed by atoms with Gasteiger partial charge in [-0.2, -0.15) is 0 Å². The van der Waals surface area contributed by atoms with Crippen molar-refractivity contribution < 1.29 is 4.79 Å². The Balaban J connectivity index is 1.90. The van der Waals surface area contributed by atoms with Gasteiger partial charge in [-0.05, 0) is 13.5 Å². The zero-order valence-electron chi connectivity index (χ0n) is 9.97. The molecule has 0 aliphatic carbocycles. The number of amides is 1. The first kappa shape index (κ1) is 13.1. The molecule has 0 bridgehead atoms. The first-order valence-electron chi connectivity index (χ1n) is 5.53. The van der Waals surface area contributed by atoms with Crippen LogP contribution in [0.2, 0.25) is 0 Å². The fourth-order valence-electron chi connectivity index (χ4n) is 1.40. The Morgan fingerprint density at radius 2 is 2.39 bits per heavy atom. The molecule has 96 valence electrons. The molecular weight excluding hydrogens is 268 g/mol. The predicted octanol–water partition coefficient (Wildman–Crippen LogP) is 1.34. The number of nitrogens with zero attached hydrogens (tertiary/aromatic N) is 2. The van der Waals surface area contributed by atoms with E-state index >= 15 is 0 Å². The molecule has 7 heteroatoms. The van der Waals surface area contributed by atoms with Crippen molar-refractivity contribution in [3.05, 3.63) is 32.2 Å². The molecule has 1 amide bonds. The van der Waals surface area contributed by atoms with Crippen molar-refractivity contribution in [1.29, 1.82) is 0 Å². The Morgan fingerprint density at radius 1 is 1.56 bits per heavy atom. The van der Waals surface area contributed by atoms with Crippen molar-refractivity contribution >= 4 is 28.6 Å². The molecule has 2 aromatic rings. The highest BCUT2D eigenvalue weighted by Gasteiger charge is 2.10. The largest absolute Gasteiger partial charge is 0.346 e. The summed E-state index contributed by atoms with van der Waals surface area (Å²) in [6.07, 6.45) is 2.49. The summed E-state index contributed by atoms with van der Waals surface area (Å²) < 4.78 is 0. The van der Waals surface area contributed by atoms with Crippen LogP contribution in [0.25, 0.3) is 0 Å². The molecule has 3 N–H and O–H groups in total. The minimum absolute atomic E-state index is 0.152. The summed E-state index contributed by atoms with van der Waals surface area (Å²) in [4.78, 5) is 21.2. The fourth-order valence-corrected chi connectivity index (χ4v) is 2.93. The molecule has 2 aromatic heterocycles. The summed E-state index contributed by atoms with van der Waals surface area (Å²) in [5.41, 5.74) is 5.91. The summed E-state index contributed by atoms with van der Waals surface area (Å²) in [7, 11) is 0. The molecule has 0 unspecified atom stereocenters. The molecule has 2 rings (SSSR count). The number of hydrogen-bond acceptors (Lipinski definition) is 6. The molecule has 0 spiro atoms. The summed E-state index contributed by atoms with van der Waals surface area (Å²) in [6.45, 7) is 2.98. The highest BCUT2D eigenvalue weighted by molar-refractivity contribution is 7.11. The minimum atomic E-state index is -0.152. The normalized spacial score (nSPS) is 10.6. The molecule has 18 heavy (non-hydrogen) atoms. The molecule has 0 radical (unpaired) electrons. The molecule has 0 aromatic carbocycles. The minimum Gasteiger partial charge on any atom is -0.346 e. The van der Waals surface area contributed by atoms with E-state index in [4.69, 9.17) is 5.73 Å². The van der Waals surface area contributed by atoms with Gasteiger partial charge in [0, 0.05) is 22.9 Å². The summed E-state index contributed by atoms with van der Waals surface area (Å²) in [5.74, 6) is -0.152. The Kier molecular flexibility index (Phi) is 4.40. The lowest BCUT2D eigenvalue weighted by Crippen LogP contribution is -2.22. The molecule has 0 fully saturated rings. The van der Waals surface area contributed by atoms with Crippen LogP contribution >= 0.6 is 22.7 Å². The van der Waals surface area contributed by atoms with E-state index in [0.29, 0.717) is 25.2 Å². The average molecular weight is 282 g/mol. The third-order valence-electron chi connectivity index (χ3n) is 2.23. The molecule has 0 aliphatic heterocycles. The quantitative estimate of drug-likeness (QED) is 0.867. The number of carbonyl (C=O) groups excluding carboxylic acids is 1. The Hall–Kier alpha value is -1.31. The van der Waals surface area contributed by atoms with E-state index in [1.807, 2.05) is 6.92 Å². The number of thiazole rings is 2. The van der Waals surface area contributed by atoms with Crippen LogP contribution in [0.15, 0.2) is 11.6 Å². The van der Waals surface area contributed by atoms with E-state index < -0.39 is 0 Å². The van der Waals surface area contributed by atoms with Crippen LogP contribution in [0.4, 0.5) is 0 Å². The number of nitrogens with one attached hydrogen (secondary N) is 1. The second kappa shape index (κ2) is 6.03. The van der Waals surface area contributed by atoms with E-state index in [2.05, 4.69) is 15.3 Å². The van der Waals surface area contributed by atoms with E-state index in [1.54, 1.807) is 22.9 Å². The Bertz CT molecular complexity index is 535. The summed E-state index contributed by atoms with van der Waals surface area (Å²) in [6, 6.07) is 0. The van der Waals surface area contributed by atoms with Gasteiger partial charge in [0.05, 0.1) is 16.6 Å². The Morgan fingerprint density at radius 3 is 3.06 bits per heavy atom. The standard InChI is InChI=1S/C11H14N4OS2/c1-7-13-4-8(18-7)5-14-11(16)9-6-17-10(15-9)2-3-12/h4,6H,2-3,5,12H2,1H3,(H,14,16). The third kappa shape index (κ3) is 3.34. The summed E-state index contributed by atoms with van der Waals surface area (Å²) in [5, 5.41) is 6.49. The molecular formula is C11H14N4OS2. The fraction of sp³-hybridized carbons (Fsp3) is 0.364. The van der Waals surface area contributed by atoms with Crippen LogP contribution < -0.4 is 11.1 Å². The number of aryl methyl sites for hydroxylation is 1. The van der Waals surface area contributed by atoms with Crippen LogP contribution in [-0.2, 0) is 13.0 Å². The first-order valence-corrected chi connectivity index (χ1v) is 7.22. The first-order chi connectivity index (χ1) is 8.69. The highest BCUT2D eigenvalue weighted by Crippen LogP contribution is 2.12. The van der Waals surface area contributed by atoms with Crippen LogP contribution in [0.3, 0.4) is 0 Å². The lowest BCUT2D eigenvalue weighted by Gasteiger charge is -1.99. The number of aromatic nitrogens is 2. The van der Waals surface area contributed by atoms with Crippen LogP contribution in [0.5, 0.6) is 0 Å². The summed E-state index contributed by atoms with van der Waals surface area (Å²) >= 11 is 3.04. The van der Waals surface area contributed by atoms with Crippen molar-refractivity contribution in [1.82, 2.24) is 15.3 Å². The molecule has 2 heterocycles. The van der Waals surface area contributed by atoms with Gasteiger partial charge in [-0.3, -0.25) is 4.79 Å². The van der Waals surface area contributed by atoms with Gasteiger partial charge in [-0.25, -0.2) is 9.97 Å². The van der Waals surface area contributed by atoms with Crippen LogP contribution in [0, 0.1) is 6.92 Å². The van der Waals surface area contributed by atoms with Gasteiger partial charge in [0.1, 0.15) is 5.69 Å². The number of carbonyl (C=O) groups is 1. The predicted molar refractivity (Wildman–Crippen MR) is 72.9 cm³/mol. The van der Waals surface area contributed by atoms with E-state index in [9.17, 15) is 4.79 Å². The zero-order valence-corrected chi connectivity index (χ0v) is 11.6. The SMILES string of the molecule is Cc1ncc(CNC(=O)c2csc(CCN)n2)s1. The topological polar surface area (TPSA) is 80.9 Å². The molecule has 5 nitrogen and oxygen atoms in total. The average Bonchev–Trinajstić information content (AvgIpc) is 2.96. The maximum atomic E-state index is 11.8. The van der Waals surface area contributed by atoms with Crippen LogP contribution in [-0.4, -0.2) is 22.4 Å². The van der Waals surface area contributed by atoms with Crippen molar-refractivity contribution in [3.8, 4) is 0 Å². The maximum absolute atomic E-state index is 11.8. The van der Waals surface area contributed by atoms with Crippen molar-refractivity contribution in [2.24, 2.45) is 5.73 Å². The molecule has 0 aliphatic rings. The molecule has 0 saturated heterocycles. The molecule has 0 atom stereocenters. The van der Waals surface area contributed by atoms with Crippen molar-refractivity contribution in [2.45, 2.75) is 19.9 Å². The van der Waals surface area contributed by atoms with E-state index in [-0.39, 0.29) is 5.91 Å². The lowest BCUT2D eigenvalue weighted by molar-refractivity contribution is 0.0947. The molecule has 0 saturated carbocycles. The lowest BCUT2D eigenvalue weighted by atomic mass is 10.4. The van der Waals surface area contributed by atoms with Gasteiger partial charge in [0.25, 0.3) is 5.91 Å². The van der Waals surface area contributed by atoms with Gasteiger partial charge < -0.3 is 11.1 Å². The van der Waals surface area contributed by atoms with E-state index in [1.165, 1.54) is 11.3 Å². The number of nitrogens with two attached hydrogens (primary N) is 1. The van der Waals surface area contributed by atoms with Gasteiger partial charge >= 0.3 is 0 Å². The Labute approximate surface area is 113 Å². The number of rotatable bonds is 5. The maximum Gasteiger partial charge on any atom is 0.271 e. The van der Waals surface area contributed by atoms with Crippen LogP contribution in [0.1, 0.15) is 25.4 Å². The second-order valence-electron chi connectivity index (χ2n) is 3.69. The third-order valence-corrected chi connectivity index (χ3v) is 4.06. The van der Waals surface area contributed by atoms with Crippen molar-refractivity contribution in [2.75, 3.05) is 6.54 Å². The van der Waals surface area contributed by atoms with E-state index in [0.717, 1.165) is 14.9 Å². The van der Waals surface area contributed by atoms with Gasteiger partial charge in [0.15, 0.2) is 0 Å². The number of hydrogen-bond donors (Lipinski definition) is 2.